The van der Waals surface area contributed by atoms with Crippen molar-refractivity contribution >= 4 is 12.0 Å². The first-order chi connectivity index (χ1) is 12.1. The zero-order chi connectivity index (χ0) is 19.5. The number of alkyl carbamates (subject to hydrolysis) is 1. The van der Waals surface area contributed by atoms with Crippen LogP contribution in [0.1, 0.15) is 57.8 Å². The summed E-state index contributed by atoms with van der Waals surface area (Å²) in [6.45, 7) is 9.66. The summed E-state index contributed by atoms with van der Waals surface area (Å²) in [5.74, 6) is -0.138. The van der Waals surface area contributed by atoms with Crippen molar-refractivity contribution < 1.29 is 19.1 Å². The first-order valence-corrected chi connectivity index (χ1v) is 8.98. The van der Waals surface area contributed by atoms with Crippen molar-refractivity contribution in [3.8, 4) is 0 Å². The highest BCUT2D eigenvalue weighted by molar-refractivity contribution is 5.81. The largest absolute Gasteiger partial charge is 0.444 e. The zero-order valence-electron chi connectivity index (χ0n) is 16.5. The quantitative estimate of drug-likeness (QED) is 0.831. The van der Waals surface area contributed by atoms with Gasteiger partial charge in [0.25, 0.3) is 0 Å². The van der Waals surface area contributed by atoms with Gasteiger partial charge in [-0.2, -0.15) is 5.10 Å². The van der Waals surface area contributed by atoms with Crippen LogP contribution in [0.3, 0.4) is 0 Å². The van der Waals surface area contributed by atoms with E-state index in [9.17, 15) is 9.59 Å². The number of rotatable bonds is 5. The van der Waals surface area contributed by atoms with Crippen molar-refractivity contribution in [1.29, 1.82) is 0 Å². The Morgan fingerprint density at radius 2 is 2.12 bits per heavy atom. The summed E-state index contributed by atoms with van der Waals surface area (Å²) in [4.78, 5) is 24.1. The van der Waals surface area contributed by atoms with Gasteiger partial charge in [0.1, 0.15) is 11.7 Å². The number of hydrogen-bond acceptors (Lipinski definition) is 5. The topological polar surface area (TPSA) is 94.5 Å². The fourth-order valence-corrected chi connectivity index (χ4v) is 2.88. The lowest BCUT2D eigenvalue weighted by molar-refractivity contribution is -0.132. The minimum atomic E-state index is -0.538. The van der Waals surface area contributed by atoms with Crippen LogP contribution >= 0.6 is 0 Å². The third-order valence-electron chi connectivity index (χ3n) is 4.37. The number of carbonyl (C=O) groups is 2. The van der Waals surface area contributed by atoms with Crippen molar-refractivity contribution in [1.82, 2.24) is 20.4 Å². The van der Waals surface area contributed by atoms with E-state index < -0.39 is 17.8 Å². The van der Waals surface area contributed by atoms with Crippen LogP contribution in [0.4, 0.5) is 4.79 Å². The molecule has 1 fully saturated rings. The second-order valence-electron chi connectivity index (χ2n) is 7.75. The van der Waals surface area contributed by atoms with E-state index in [1.807, 2.05) is 41.7 Å². The van der Waals surface area contributed by atoms with E-state index in [2.05, 4.69) is 15.7 Å². The predicted octanol–water partition coefficient (Wildman–Crippen LogP) is 1.98. The molecule has 0 aromatic carbocycles. The Bertz CT molecular complexity index is 650. The standard InChI is InChI=1S/C18H30N4O4/c1-11(14-10-20-22(6)12(14)2)21-16(23)15-8-7-13(25-15)9-19-17(24)26-18(3,4)5/h10-11,13,15H,7-9H2,1-6H3,(H,19,24)(H,21,23)/t11-,13+,15-/m0/s1. The minimum absolute atomic E-state index is 0.138. The molecule has 0 bridgehead atoms. The number of ether oxygens (including phenoxy) is 2. The Morgan fingerprint density at radius 3 is 2.69 bits per heavy atom. The maximum atomic E-state index is 12.4. The Hall–Kier alpha value is -2.09. The molecule has 8 heteroatoms. The van der Waals surface area contributed by atoms with Gasteiger partial charge < -0.3 is 20.1 Å². The Morgan fingerprint density at radius 1 is 1.42 bits per heavy atom. The summed E-state index contributed by atoms with van der Waals surface area (Å²) < 4.78 is 12.7. The number of aromatic nitrogens is 2. The van der Waals surface area contributed by atoms with Gasteiger partial charge >= 0.3 is 6.09 Å². The third-order valence-corrected chi connectivity index (χ3v) is 4.37. The van der Waals surface area contributed by atoms with E-state index in [1.54, 1.807) is 10.9 Å². The van der Waals surface area contributed by atoms with Gasteiger partial charge in [0.15, 0.2) is 0 Å². The lowest BCUT2D eigenvalue weighted by atomic mass is 10.1. The molecule has 2 rings (SSSR count). The summed E-state index contributed by atoms with van der Waals surface area (Å²) in [6, 6.07) is -0.140. The van der Waals surface area contributed by atoms with Crippen LogP contribution < -0.4 is 10.6 Å². The molecule has 1 saturated heterocycles. The average molecular weight is 366 g/mol. The molecular formula is C18H30N4O4. The van der Waals surface area contributed by atoms with Gasteiger partial charge in [0, 0.05) is 24.8 Å². The van der Waals surface area contributed by atoms with E-state index in [-0.39, 0.29) is 18.1 Å². The molecule has 1 aliphatic heterocycles. The molecule has 2 heterocycles. The summed E-state index contributed by atoms with van der Waals surface area (Å²) in [6.07, 6.45) is 1.95. The molecule has 3 atom stereocenters. The summed E-state index contributed by atoms with van der Waals surface area (Å²) in [7, 11) is 1.87. The number of carbonyl (C=O) groups excluding carboxylic acids is 2. The summed E-state index contributed by atoms with van der Waals surface area (Å²) in [5, 5.41) is 9.87. The first-order valence-electron chi connectivity index (χ1n) is 8.98. The molecule has 1 aromatic rings. The fraction of sp³-hybridized carbons (Fsp3) is 0.722. The normalized spacial score (nSPS) is 21.3. The van der Waals surface area contributed by atoms with Crippen LogP contribution in [-0.2, 0) is 21.3 Å². The van der Waals surface area contributed by atoms with Gasteiger partial charge in [-0.1, -0.05) is 0 Å². The van der Waals surface area contributed by atoms with Crippen molar-refractivity contribution in [2.75, 3.05) is 6.54 Å². The molecule has 0 aliphatic carbocycles. The van der Waals surface area contributed by atoms with Gasteiger partial charge in [0.2, 0.25) is 5.91 Å². The summed E-state index contributed by atoms with van der Waals surface area (Å²) in [5.41, 5.74) is 1.47. The Kier molecular flexibility index (Phi) is 6.28. The minimum Gasteiger partial charge on any atom is -0.444 e. The molecule has 2 N–H and O–H groups in total. The molecule has 0 saturated carbocycles. The molecule has 146 valence electrons. The van der Waals surface area contributed by atoms with Crippen molar-refractivity contribution in [2.24, 2.45) is 7.05 Å². The lowest BCUT2D eigenvalue weighted by Crippen LogP contribution is -2.39. The number of hydrogen-bond donors (Lipinski definition) is 2. The zero-order valence-corrected chi connectivity index (χ0v) is 16.5. The van der Waals surface area contributed by atoms with E-state index in [1.165, 1.54) is 0 Å². The van der Waals surface area contributed by atoms with Crippen LogP contribution in [-0.4, -0.2) is 46.1 Å². The monoisotopic (exact) mass is 366 g/mol. The van der Waals surface area contributed by atoms with Crippen LogP contribution in [0, 0.1) is 6.92 Å². The second kappa shape index (κ2) is 8.07. The van der Waals surface area contributed by atoms with Crippen LogP contribution in [0.2, 0.25) is 0 Å². The van der Waals surface area contributed by atoms with Crippen molar-refractivity contribution in [2.45, 2.75) is 71.3 Å². The van der Waals surface area contributed by atoms with E-state index in [4.69, 9.17) is 9.47 Å². The maximum Gasteiger partial charge on any atom is 0.407 e. The van der Waals surface area contributed by atoms with E-state index in [0.717, 1.165) is 11.3 Å². The molecule has 0 radical (unpaired) electrons. The highest BCUT2D eigenvalue weighted by atomic mass is 16.6. The summed E-state index contributed by atoms with van der Waals surface area (Å²) >= 11 is 0. The van der Waals surface area contributed by atoms with E-state index in [0.29, 0.717) is 19.4 Å². The Balaban J connectivity index is 1.78. The van der Waals surface area contributed by atoms with Gasteiger partial charge in [-0.15, -0.1) is 0 Å². The average Bonchev–Trinajstić information content (AvgIpc) is 3.11. The molecule has 2 amide bonds. The van der Waals surface area contributed by atoms with Crippen molar-refractivity contribution in [3.05, 3.63) is 17.5 Å². The molecule has 26 heavy (non-hydrogen) atoms. The number of amides is 2. The number of nitrogens with one attached hydrogen (secondary N) is 2. The lowest BCUT2D eigenvalue weighted by Gasteiger charge is -2.21. The maximum absolute atomic E-state index is 12.4. The van der Waals surface area contributed by atoms with Gasteiger partial charge in [0.05, 0.1) is 18.3 Å². The molecule has 0 spiro atoms. The van der Waals surface area contributed by atoms with Crippen LogP contribution in [0.5, 0.6) is 0 Å². The number of aryl methyl sites for hydroxylation is 1. The molecular weight excluding hydrogens is 336 g/mol. The highest BCUT2D eigenvalue weighted by Gasteiger charge is 2.32. The molecule has 0 unspecified atom stereocenters. The highest BCUT2D eigenvalue weighted by Crippen LogP contribution is 2.22. The number of nitrogens with zero attached hydrogens (tertiary/aromatic N) is 2. The first kappa shape index (κ1) is 20.2. The Labute approximate surface area is 154 Å². The van der Waals surface area contributed by atoms with Crippen LogP contribution in [0.15, 0.2) is 6.20 Å². The molecule has 8 nitrogen and oxygen atoms in total. The van der Waals surface area contributed by atoms with Crippen LogP contribution in [0.25, 0.3) is 0 Å². The van der Waals surface area contributed by atoms with Gasteiger partial charge in [-0.05, 0) is 47.5 Å². The molecule has 1 aromatic heterocycles. The van der Waals surface area contributed by atoms with Gasteiger partial charge in [-0.25, -0.2) is 4.79 Å². The SMILES string of the molecule is Cc1c([C@H](C)NC(=O)[C@@H]2CC[C@H](CNC(=O)OC(C)(C)C)O2)cnn1C. The van der Waals surface area contributed by atoms with E-state index >= 15 is 0 Å². The predicted molar refractivity (Wildman–Crippen MR) is 96.6 cm³/mol. The smallest absolute Gasteiger partial charge is 0.407 e. The fourth-order valence-electron chi connectivity index (χ4n) is 2.88. The third kappa shape index (κ3) is 5.45. The van der Waals surface area contributed by atoms with Gasteiger partial charge in [-0.3, -0.25) is 9.48 Å². The van der Waals surface area contributed by atoms with Crippen molar-refractivity contribution in [3.63, 3.8) is 0 Å². The second-order valence-corrected chi connectivity index (χ2v) is 7.75. The molecule has 1 aliphatic rings.